The van der Waals surface area contributed by atoms with E-state index in [1.165, 1.54) is 10.6 Å². The van der Waals surface area contributed by atoms with Crippen molar-refractivity contribution in [3.05, 3.63) is 29.8 Å². The van der Waals surface area contributed by atoms with Crippen molar-refractivity contribution in [1.82, 2.24) is 9.62 Å². The largest absolute Gasteiger partial charge is 0.497 e. The highest BCUT2D eigenvalue weighted by Gasteiger charge is 2.30. The van der Waals surface area contributed by atoms with Crippen molar-refractivity contribution in [2.45, 2.75) is 51.1 Å². The van der Waals surface area contributed by atoms with Gasteiger partial charge in [0.05, 0.1) is 26.0 Å². The Bertz CT molecular complexity index is 667. The number of hydrogen-bond donors (Lipinski definition) is 1. The number of sulfonamides is 1. The quantitative estimate of drug-likeness (QED) is 0.802. The molecule has 1 aromatic rings. The van der Waals surface area contributed by atoms with Crippen LogP contribution in [0.2, 0.25) is 0 Å². The van der Waals surface area contributed by atoms with Crippen molar-refractivity contribution in [3.63, 3.8) is 0 Å². The van der Waals surface area contributed by atoms with Crippen LogP contribution in [0.1, 0.15) is 50.6 Å². The fourth-order valence-electron chi connectivity index (χ4n) is 3.29. The maximum atomic E-state index is 12.4. The summed E-state index contributed by atoms with van der Waals surface area (Å²) in [6.07, 6.45) is 6.00. The minimum absolute atomic E-state index is 0.0641. The van der Waals surface area contributed by atoms with Gasteiger partial charge in [-0.15, -0.1) is 0 Å². The number of methoxy groups -OCH3 is 1. The second-order valence-electron chi connectivity index (χ2n) is 6.66. The van der Waals surface area contributed by atoms with Gasteiger partial charge in [-0.1, -0.05) is 31.4 Å². The van der Waals surface area contributed by atoms with E-state index >= 15 is 0 Å². The number of hydrogen-bond acceptors (Lipinski definition) is 4. The summed E-state index contributed by atoms with van der Waals surface area (Å²) in [7, 11) is -1.81. The molecule has 1 aliphatic rings. The summed E-state index contributed by atoms with van der Waals surface area (Å²) in [5.41, 5.74) is 0.942. The van der Waals surface area contributed by atoms with Crippen molar-refractivity contribution in [2.24, 2.45) is 0 Å². The number of rotatable bonds is 7. The van der Waals surface area contributed by atoms with Crippen LogP contribution in [0.25, 0.3) is 0 Å². The molecule has 7 heteroatoms. The molecule has 0 bridgehead atoms. The smallest absolute Gasteiger partial charge is 0.235 e. The molecule has 25 heavy (non-hydrogen) atoms. The Balaban J connectivity index is 1.99. The molecule has 0 saturated heterocycles. The van der Waals surface area contributed by atoms with Gasteiger partial charge in [-0.25, -0.2) is 8.42 Å². The molecule has 0 unspecified atom stereocenters. The highest BCUT2D eigenvalue weighted by atomic mass is 32.2. The molecule has 0 spiro atoms. The summed E-state index contributed by atoms with van der Waals surface area (Å²) in [6.45, 7) is 1.76. The third-order valence-electron chi connectivity index (χ3n) is 4.70. The topological polar surface area (TPSA) is 75.7 Å². The minimum atomic E-state index is -3.41. The average molecular weight is 368 g/mol. The van der Waals surface area contributed by atoms with E-state index in [1.54, 1.807) is 7.11 Å². The van der Waals surface area contributed by atoms with Crippen LogP contribution in [0.3, 0.4) is 0 Å². The summed E-state index contributed by atoms with van der Waals surface area (Å²) >= 11 is 0. The van der Waals surface area contributed by atoms with Gasteiger partial charge in [0, 0.05) is 6.04 Å². The van der Waals surface area contributed by atoms with E-state index in [0.717, 1.165) is 43.4 Å². The molecule has 6 nitrogen and oxygen atoms in total. The lowest BCUT2D eigenvalue weighted by Crippen LogP contribution is -2.46. The molecule has 0 radical (unpaired) electrons. The maximum Gasteiger partial charge on any atom is 0.235 e. The lowest BCUT2D eigenvalue weighted by atomic mass is 9.95. The van der Waals surface area contributed by atoms with E-state index in [9.17, 15) is 13.2 Å². The first-order valence-corrected chi connectivity index (χ1v) is 10.6. The first-order valence-electron chi connectivity index (χ1n) is 8.71. The molecule has 0 heterocycles. The maximum absolute atomic E-state index is 12.4. The lowest BCUT2D eigenvalue weighted by molar-refractivity contribution is -0.122. The zero-order valence-corrected chi connectivity index (χ0v) is 16.0. The highest BCUT2D eigenvalue weighted by Crippen LogP contribution is 2.24. The average Bonchev–Trinajstić information content (AvgIpc) is 2.59. The number of nitrogens with zero attached hydrogens (tertiary/aromatic N) is 1. The van der Waals surface area contributed by atoms with Gasteiger partial charge >= 0.3 is 0 Å². The first-order chi connectivity index (χ1) is 11.8. The lowest BCUT2D eigenvalue weighted by Gasteiger charge is -2.32. The Kier molecular flexibility index (Phi) is 6.84. The van der Waals surface area contributed by atoms with Crippen LogP contribution in [0.15, 0.2) is 24.3 Å². The van der Waals surface area contributed by atoms with Crippen LogP contribution in [-0.4, -0.2) is 44.6 Å². The van der Waals surface area contributed by atoms with Gasteiger partial charge < -0.3 is 10.1 Å². The van der Waals surface area contributed by atoms with E-state index in [1.807, 2.05) is 31.2 Å². The van der Waals surface area contributed by atoms with Crippen LogP contribution >= 0.6 is 0 Å². The molecule has 1 saturated carbocycles. The Labute approximate surface area is 150 Å². The molecular formula is C18H28N2O4S. The summed E-state index contributed by atoms with van der Waals surface area (Å²) in [5, 5.41) is 2.89. The molecule has 2 rings (SSSR count). The van der Waals surface area contributed by atoms with Gasteiger partial charge in [0.1, 0.15) is 5.75 Å². The first kappa shape index (κ1) is 19.7. The molecular weight excluding hydrogens is 340 g/mol. The second kappa shape index (κ2) is 8.67. The normalized spacial score (nSPS) is 17.3. The Hall–Kier alpha value is -1.60. The number of nitrogens with one attached hydrogen (secondary N) is 1. The Morgan fingerprint density at radius 1 is 1.24 bits per heavy atom. The number of carbonyl (C=O) groups is 1. The van der Waals surface area contributed by atoms with Gasteiger partial charge in [0.25, 0.3) is 0 Å². The van der Waals surface area contributed by atoms with Gasteiger partial charge in [0.15, 0.2) is 0 Å². The summed E-state index contributed by atoms with van der Waals surface area (Å²) in [6, 6.07) is 7.18. The minimum Gasteiger partial charge on any atom is -0.497 e. The molecule has 1 fully saturated rings. The van der Waals surface area contributed by atoms with Crippen molar-refractivity contribution in [2.75, 3.05) is 19.9 Å². The zero-order chi connectivity index (χ0) is 18.4. The monoisotopic (exact) mass is 368 g/mol. The van der Waals surface area contributed by atoms with Gasteiger partial charge in [0.2, 0.25) is 15.9 Å². The fourth-order valence-corrected chi connectivity index (χ4v) is 4.39. The van der Waals surface area contributed by atoms with Crippen LogP contribution in [0, 0.1) is 0 Å². The van der Waals surface area contributed by atoms with Crippen LogP contribution in [0.4, 0.5) is 0 Å². The SMILES string of the molecule is COc1ccc([C@@H](C)NC(=O)CN(C2CCCCC2)S(C)(=O)=O)cc1. The summed E-state index contributed by atoms with van der Waals surface area (Å²) in [4.78, 5) is 12.4. The number of carbonyl (C=O) groups excluding carboxylic acids is 1. The molecule has 1 atom stereocenters. The Morgan fingerprint density at radius 3 is 2.36 bits per heavy atom. The van der Waals surface area contributed by atoms with Crippen molar-refractivity contribution in [3.8, 4) is 5.75 Å². The molecule has 0 aromatic heterocycles. The predicted molar refractivity (Wildman–Crippen MR) is 98.0 cm³/mol. The molecule has 140 valence electrons. The van der Waals surface area contributed by atoms with E-state index < -0.39 is 10.0 Å². The molecule has 0 aliphatic heterocycles. The van der Waals surface area contributed by atoms with Crippen molar-refractivity contribution in [1.29, 1.82) is 0 Å². The van der Waals surface area contributed by atoms with Crippen molar-refractivity contribution >= 4 is 15.9 Å². The molecule has 1 aliphatic carbocycles. The predicted octanol–water partition coefficient (Wildman–Crippen LogP) is 2.47. The number of amides is 1. The van der Waals surface area contributed by atoms with E-state index in [4.69, 9.17) is 4.74 Å². The van der Waals surface area contributed by atoms with Gasteiger partial charge in [-0.05, 0) is 37.5 Å². The molecule has 1 N–H and O–H groups in total. The van der Waals surface area contributed by atoms with E-state index in [0.29, 0.717) is 0 Å². The number of benzene rings is 1. The van der Waals surface area contributed by atoms with Crippen LogP contribution in [0.5, 0.6) is 5.75 Å². The molecule has 1 aromatic carbocycles. The van der Waals surface area contributed by atoms with Crippen molar-refractivity contribution < 1.29 is 17.9 Å². The Morgan fingerprint density at radius 2 is 1.84 bits per heavy atom. The fraction of sp³-hybridized carbons (Fsp3) is 0.611. The van der Waals surface area contributed by atoms with E-state index in [-0.39, 0.29) is 24.5 Å². The summed E-state index contributed by atoms with van der Waals surface area (Å²) < 4.78 is 30.7. The molecule has 1 amide bonds. The zero-order valence-electron chi connectivity index (χ0n) is 15.2. The third-order valence-corrected chi connectivity index (χ3v) is 5.98. The van der Waals surface area contributed by atoms with Crippen LogP contribution < -0.4 is 10.1 Å². The van der Waals surface area contributed by atoms with Gasteiger partial charge in [-0.2, -0.15) is 4.31 Å². The highest BCUT2D eigenvalue weighted by molar-refractivity contribution is 7.88. The summed E-state index contributed by atoms with van der Waals surface area (Å²) in [5.74, 6) is 0.474. The van der Waals surface area contributed by atoms with Gasteiger partial charge in [-0.3, -0.25) is 4.79 Å². The number of ether oxygens (including phenoxy) is 1. The van der Waals surface area contributed by atoms with Crippen LogP contribution in [-0.2, 0) is 14.8 Å². The second-order valence-corrected chi connectivity index (χ2v) is 8.60. The van der Waals surface area contributed by atoms with E-state index in [2.05, 4.69) is 5.32 Å². The third kappa shape index (κ3) is 5.71. The standard InChI is InChI=1S/C18H28N2O4S/c1-14(15-9-11-17(24-2)12-10-15)19-18(21)13-20(25(3,22)23)16-7-5-4-6-8-16/h9-12,14,16H,4-8,13H2,1-3H3,(H,19,21)/t14-/m1/s1.